The van der Waals surface area contributed by atoms with Crippen LogP contribution in [0.3, 0.4) is 0 Å². The predicted molar refractivity (Wildman–Crippen MR) is 74.0 cm³/mol. The van der Waals surface area contributed by atoms with Crippen LogP contribution in [0.1, 0.15) is 64.0 Å². The fraction of sp³-hybridized carbons (Fsp3) is 0.667. The fourth-order valence-corrected chi connectivity index (χ4v) is 2.18. The quantitative estimate of drug-likeness (QED) is 0.651. The number of rotatable bonds is 9. The second-order valence-corrected chi connectivity index (χ2v) is 4.59. The van der Waals surface area contributed by atoms with Crippen molar-refractivity contribution in [3.05, 3.63) is 30.1 Å². The van der Waals surface area contributed by atoms with Gasteiger partial charge in [-0.1, -0.05) is 46.0 Å². The van der Waals surface area contributed by atoms with Crippen molar-refractivity contribution in [3.8, 4) is 0 Å². The van der Waals surface area contributed by atoms with Gasteiger partial charge in [0.15, 0.2) is 0 Å². The van der Waals surface area contributed by atoms with Crippen molar-refractivity contribution in [2.75, 3.05) is 6.54 Å². The minimum Gasteiger partial charge on any atom is -0.310 e. The highest BCUT2D eigenvalue weighted by molar-refractivity contribution is 5.14. The molecule has 0 aliphatic carbocycles. The lowest BCUT2D eigenvalue weighted by Crippen LogP contribution is -2.20. The molecule has 2 nitrogen and oxygen atoms in total. The molecule has 1 N–H and O–H groups in total. The zero-order chi connectivity index (χ0) is 12.3. The maximum Gasteiger partial charge on any atom is 0.0321 e. The first kappa shape index (κ1) is 14.2. The summed E-state index contributed by atoms with van der Waals surface area (Å²) in [5.74, 6) is 0. The third-order valence-electron chi connectivity index (χ3n) is 3.16. The molecule has 1 aromatic rings. The van der Waals surface area contributed by atoms with Crippen LogP contribution in [0.2, 0.25) is 0 Å². The molecule has 0 saturated carbocycles. The lowest BCUT2D eigenvalue weighted by atomic mass is 10.0. The number of nitrogens with zero attached hydrogens (tertiary/aromatic N) is 1. The Hall–Kier alpha value is -0.890. The minimum absolute atomic E-state index is 0.504. The SMILES string of the molecule is CCCCCCCC(NCC)c1ccncc1. The topological polar surface area (TPSA) is 24.9 Å². The molecule has 0 aliphatic heterocycles. The molecule has 0 bridgehead atoms. The van der Waals surface area contributed by atoms with E-state index in [4.69, 9.17) is 0 Å². The second kappa shape index (κ2) is 9.17. The van der Waals surface area contributed by atoms with Crippen molar-refractivity contribution in [2.45, 2.75) is 58.4 Å². The lowest BCUT2D eigenvalue weighted by molar-refractivity contribution is 0.478. The molecule has 0 aromatic carbocycles. The second-order valence-electron chi connectivity index (χ2n) is 4.59. The third kappa shape index (κ3) is 5.83. The van der Waals surface area contributed by atoms with E-state index in [1.165, 1.54) is 44.1 Å². The van der Waals surface area contributed by atoms with E-state index in [9.17, 15) is 0 Å². The van der Waals surface area contributed by atoms with Crippen molar-refractivity contribution in [2.24, 2.45) is 0 Å². The Labute approximate surface area is 106 Å². The number of hydrogen-bond donors (Lipinski definition) is 1. The molecule has 0 spiro atoms. The van der Waals surface area contributed by atoms with Crippen molar-refractivity contribution < 1.29 is 0 Å². The van der Waals surface area contributed by atoms with E-state index in [2.05, 4.69) is 36.3 Å². The van der Waals surface area contributed by atoms with Gasteiger partial charge in [-0.3, -0.25) is 4.98 Å². The van der Waals surface area contributed by atoms with Crippen molar-refractivity contribution >= 4 is 0 Å². The van der Waals surface area contributed by atoms with Crippen LogP contribution in [-0.4, -0.2) is 11.5 Å². The van der Waals surface area contributed by atoms with E-state index in [0.717, 1.165) is 6.54 Å². The van der Waals surface area contributed by atoms with Gasteiger partial charge in [0.05, 0.1) is 0 Å². The normalized spacial score (nSPS) is 12.6. The van der Waals surface area contributed by atoms with E-state index in [0.29, 0.717) is 6.04 Å². The molecule has 0 radical (unpaired) electrons. The molecule has 0 amide bonds. The van der Waals surface area contributed by atoms with Gasteiger partial charge in [0.1, 0.15) is 0 Å². The highest BCUT2D eigenvalue weighted by Crippen LogP contribution is 2.19. The summed E-state index contributed by atoms with van der Waals surface area (Å²) in [4.78, 5) is 4.08. The highest BCUT2D eigenvalue weighted by atomic mass is 14.9. The monoisotopic (exact) mass is 234 g/mol. The van der Waals surface area contributed by atoms with Crippen LogP contribution in [0, 0.1) is 0 Å². The number of hydrogen-bond acceptors (Lipinski definition) is 2. The Morgan fingerprint density at radius 1 is 1.06 bits per heavy atom. The van der Waals surface area contributed by atoms with Crippen LogP contribution in [0.5, 0.6) is 0 Å². The van der Waals surface area contributed by atoms with Crippen LogP contribution < -0.4 is 5.32 Å². The molecule has 1 atom stereocenters. The van der Waals surface area contributed by atoms with Crippen LogP contribution in [0.15, 0.2) is 24.5 Å². The van der Waals surface area contributed by atoms with E-state index < -0.39 is 0 Å². The van der Waals surface area contributed by atoms with E-state index in [1.54, 1.807) is 0 Å². The standard InChI is InChI=1S/C15H26N2/c1-3-5-6-7-8-9-15(17-4-2)14-10-12-16-13-11-14/h10-13,15,17H,3-9H2,1-2H3. The van der Waals surface area contributed by atoms with Crippen molar-refractivity contribution in [1.82, 2.24) is 10.3 Å². The first-order valence-corrected chi connectivity index (χ1v) is 7.01. The molecular weight excluding hydrogens is 208 g/mol. The molecule has 1 rings (SSSR count). The first-order chi connectivity index (χ1) is 8.38. The van der Waals surface area contributed by atoms with Gasteiger partial charge in [-0.2, -0.15) is 0 Å². The Balaban J connectivity index is 2.33. The zero-order valence-corrected chi connectivity index (χ0v) is 11.3. The molecule has 96 valence electrons. The minimum atomic E-state index is 0.504. The maximum absolute atomic E-state index is 4.08. The molecule has 17 heavy (non-hydrogen) atoms. The number of nitrogens with one attached hydrogen (secondary N) is 1. The lowest BCUT2D eigenvalue weighted by Gasteiger charge is -2.18. The highest BCUT2D eigenvalue weighted by Gasteiger charge is 2.08. The molecule has 0 aliphatic rings. The Morgan fingerprint density at radius 3 is 2.41 bits per heavy atom. The average Bonchev–Trinajstić information content (AvgIpc) is 2.38. The van der Waals surface area contributed by atoms with Gasteiger partial charge in [-0.15, -0.1) is 0 Å². The van der Waals surface area contributed by atoms with Crippen molar-refractivity contribution in [1.29, 1.82) is 0 Å². The van der Waals surface area contributed by atoms with E-state index in [-0.39, 0.29) is 0 Å². The summed E-state index contributed by atoms with van der Waals surface area (Å²) in [5.41, 5.74) is 1.37. The van der Waals surface area contributed by atoms with Gasteiger partial charge >= 0.3 is 0 Å². The number of aromatic nitrogens is 1. The zero-order valence-electron chi connectivity index (χ0n) is 11.3. The Kier molecular flexibility index (Phi) is 7.65. The smallest absolute Gasteiger partial charge is 0.0321 e. The molecule has 0 saturated heterocycles. The van der Waals surface area contributed by atoms with Gasteiger partial charge in [0.2, 0.25) is 0 Å². The fourth-order valence-electron chi connectivity index (χ4n) is 2.18. The summed E-state index contributed by atoms with van der Waals surface area (Å²) in [7, 11) is 0. The molecule has 0 fully saturated rings. The van der Waals surface area contributed by atoms with E-state index in [1.807, 2.05) is 12.4 Å². The largest absolute Gasteiger partial charge is 0.310 e. The van der Waals surface area contributed by atoms with Gasteiger partial charge < -0.3 is 5.32 Å². The summed E-state index contributed by atoms with van der Waals surface area (Å²) < 4.78 is 0. The van der Waals surface area contributed by atoms with Crippen LogP contribution >= 0.6 is 0 Å². The number of unbranched alkanes of at least 4 members (excludes halogenated alkanes) is 4. The van der Waals surface area contributed by atoms with Gasteiger partial charge in [-0.05, 0) is 30.7 Å². The van der Waals surface area contributed by atoms with Gasteiger partial charge in [-0.25, -0.2) is 0 Å². The third-order valence-corrected chi connectivity index (χ3v) is 3.16. The Morgan fingerprint density at radius 2 is 1.76 bits per heavy atom. The molecule has 1 heterocycles. The van der Waals surface area contributed by atoms with Crippen LogP contribution in [-0.2, 0) is 0 Å². The van der Waals surface area contributed by atoms with Gasteiger partial charge in [0.25, 0.3) is 0 Å². The average molecular weight is 234 g/mol. The van der Waals surface area contributed by atoms with Crippen molar-refractivity contribution in [3.63, 3.8) is 0 Å². The van der Waals surface area contributed by atoms with Crippen LogP contribution in [0.4, 0.5) is 0 Å². The van der Waals surface area contributed by atoms with Gasteiger partial charge in [0, 0.05) is 18.4 Å². The van der Waals surface area contributed by atoms with Crippen LogP contribution in [0.25, 0.3) is 0 Å². The summed E-state index contributed by atoms with van der Waals surface area (Å²) in [6, 6.07) is 4.75. The summed E-state index contributed by atoms with van der Waals surface area (Å²) in [5, 5.41) is 3.56. The Bertz CT molecular complexity index is 272. The predicted octanol–water partition coefficient (Wildman–Crippen LogP) is 4.09. The van der Waals surface area contributed by atoms with E-state index >= 15 is 0 Å². The maximum atomic E-state index is 4.08. The number of pyridine rings is 1. The molecular formula is C15H26N2. The molecule has 2 heteroatoms. The summed E-state index contributed by atoms with van der Waals surface area (Å²) >= 11 is 0. The first-order valence-electron chi connectivity index (χ1n) is 7.01. The summed E-state index contributed by atoms with van der Waals surface area (Å²) in [6.07, 6.45) is 11.8. The summed E-state index contributed by atoms with van der Waals surface area (Å²) in [6.45, 7) is 5.46. The molecule has 1 aromatic heterocycles. The molecule has 1 unspecified atom stereocenters.